The number of morpholine rings is 1. The molecule has 1 aromatic carbocycles. The summed E-state index contributed by atoms with van der Waals surface area (Å²) >= 11 is 0. The molecule has 1 saturated heterocycles. The van der Waals surface area contributed by atoms with Crippen LogP contribution in [-0.4, -0.2) is 55.7 Å². The average molecular weight is 248 g/mol. The molecule has 0 radical (unpaired) electrons. The number of hydrogen-bond donors (Lipinski definition) is 0. The van der Waals surface area contributed by atoms with Gasteiger partial charge in [-0.25, -0.2) is 0 Å². The van der Waals surface area contributed by atoms with Crippen LogP contribution >= 0.6 is 0 Å². The van der Waals surface area contributed by atoms with Gasteiger partial charge in [0.2, 0.25) is 0 Å². The van der Waals surface area contributed by atoms with Crippen LogP contribution < -0.4 is 0 Å². The first-order valence-electron chi connectivity index (χ1n) is 6.69. The van der Waals surface area contributed by atoms with Crippen LogP contribution in [0.4, 0.5) is 0 Å². The standard InChI is InChI=1S/C15H24N2O/c1-13-12-18-15(10-16(2)3)11-17(13)9-14-7-5-4-6-8-14/h4-8,13,15H,9-12H2,1-3H3/t13-,15-/m0/s1. The van der Waals surface area contributed by atoms with Crippen molar-refractivity contribution in [3.63, 3.8) is 0 Å². The van der Waals surface area contributed by atoms with Crippen LogP contribution in [0.25, 0.3) is 0 Å². The molecule has 0 aromatic heterocycles. The maximum absolute atomic E-state index is 5.89. The lowest BCUT2D eigenvalue weighted by molar-refractivity contribution is -0.0687. The molecule has 0 amide bonds. The summed E-state index contributed by atoms with van der Waals surface area (Å²) in [6, 6.07) is 11.2. The van der Waals surface area contributed by atoms with Gasteiger partial charge in [-0.1, -0.05) is 30.3 Å². The van der Waals surface area contributed by atoms with E-state index in [1.807, 2.05) is 0 Å². The van der Waals surface area contributed by atoms with Gasteiger partial charge in [0, 0.05) is 25.7 Å². The Hall–Kier alpha value is -0.900. The van der Waals surface area contributed by atoms with Gasteiger partial charge in [0.25, 0.3) is 0 Å². The number of hydrogen-bond acceptors (Lipinski definition) is 3. The van der Waals surface area contributed by atoms with Gasteiger partial charge in [-0.05, 0) is 26.6 Å². The molecular weight excluding hydrogens is 224 g/mol. The van der Waals surface area contributed by atoms with Gasteiger partial charge in [-0.2, -0.15) is 0 Å². The van der Waals surface area contributed by atoms with E-state index >= 15 is 0 Å². The first kappa shape index (κ1) is 13.5. The molecule has 3 heteroatoms. The second-order valence-electron chi connectivity index (χ2n) is 5.48. The zero-order valence-electron chi connectivity index (χ0n) is 11.7. The van der Waals surface area contributed by atoms with E-state index in [9.17, 15) is 0 Å². The van der Waals surface area contributed by atoms with Crippen LogP contribution in [0.1, 0.15) is 12.5 Å². The molecule has 1 aliphatic rings. The summed E-state index contributed by atoms with van der Waals surface area (Å²) in [4.78, 5) is 4.72. The highest BCUT2D eigenvalue weighted by Crippen LogP contribution is 2.15. The lowest BCUT2D eigenvalue weighted by atomic mass is 10.1. The minimum absolute atomic E-state index is 0.333. The Morgan fingerprint density at radius 3 is 2.67 bits per heavy atom. The SMILES string of the molecule is C[C@H]1CO[C@@H](CN(C)C)CN1Cc1ccccc1. The maximum atomic E-state index is 5.89. The van der Waals surface area contributed by atoms with E-state index in [2.05, 4.69) is 61.2 Å². The fourth-order valence-electron chi connectivity index (χ4n) is 2.43. The van der Waals surface area contributed by atoms with Gasteiger partial charge in [0.1, 0.15) is 0 Å². The smallest absolute Gasteiger partial charge is 0.0829 e. The van der Waals surface area contributed by atoms with Crippen molar-refractivity contribution in [2.75, 3.05) is 33.8 Å². The fourth-order valence-corrected chi connectivity index (χ4v) is 2.43. The van der Waals surface area contributed by atoms with E-state index in [-0.39, 0.29) is 0 Å². The molecule has 0 bridgehead atoms. The highest BCUT2D eigenvalue weighted by Gasteiger charge is 2.26. The second-order valence-corrected chi connectivity index (χ2v) is 5.48. The Bertz CT molecular complexity index is 353. The summed E-state index contributed by atoms with van der Waals surface area (Å²) < 4.78 is 5.89. The molecular formula is C15H24N2O. The zero-order chi connectivity index (χ0) is 13.0. The zero-order valence-corrected chi connectivity index (χ0v) is 11.7. The molecule has 0 aliphatic carbocycles. The molecule has 100 valence electrons. The van der Waals surface area contributed by atoms with Crippen molar-refractivity contribution in [1.29, 1.82) is 0 Å². The summed E-state index contributed by atoms with van der Waals surface area (Å²) in [5.41, 5.74) is 1.38. The van der Waals surface area contributed by atoms with Gasteiger partial charge in [0.15, 0.2) is 0 Å². The minimum Gasteiger partial charge on any atom is -0.374 e. The van der Waals surface area contributed by atoms with Crippen molar-refractivity contribution in [2.45, 2.75) is 25.6 Å². The highest BCUT2D eigenvalue weighted by molar-refractivity contribution is 5.14. The molecule has 3 nitrogen and oxygen atoms in total. The Kier molecular flexibility index (Phi) is 4.75. The molecule has 0 N–H and O–H groups in total. The number of benzene rings is 1. The van der Waals surface area contributed by atoms with E-state index < -0.39 is 0 Å². The van der Waals surface area contributed by atoms with Gasteiger partial charge in [0.05, 0.1) is 12.7 Å². The van der Waals surface area contributed by atoms with Crippen molar-refractivity contribution >= 4 is 0 Å². The van der Waals surface area contributed by atoms with Crippen LogP contribution in [0.5, 0.6) is 0 Å². The second kappa shape index (κ2) is 6.32. The van der Waals surface area contributed by atoms with Crippen LogP contribution in [0.15, 0.2) is 30.3 Å². The summed E-state index contributed by atoms with van der Waals surface area (Å²) in [5.74, 6) is 0. The Morgan fingerprint density at radius 1 is 1.28 bits per heavy atom. The van der Waals surface area contributed by atoms with E-state index in [0.717, 1.165) is 26.2 Å². The third-order valence-corrected chi connectivity index (χ3v) is 3.43. The minimum atomic E-state index is 0.333. The first-order valence-corrected chi connectivity index (χ1v) is 6.69. The number of rotatable bonds is 4. The molecule has 2 atom stereocenters. The van der Waals surface area contributed by atoms with Gasteiger partial charge in [-0.3, -0.25) is 4.90 Å². The number of ether oxygens (including phenoxy) is 1. The third kappa shape index (κ3) is 3.80. The maximum Gasteiger partial charge on any atom is 0.0829 e. The monoisotopic (exact) mass is 248 g/mol. The van der Waals surface area contributed by atoms with Crippen molar-refractivity contribution < 1.29 is 4.74 Å². The molecule has 1 aliphatic heterocycles. The molecule has 1 heterocycles. The van der Waals surface area contributed by atoms with Gasteiger partial charge < -0.3 is 9.64 Å². The Morgan fingerprint density at radius 2 is 2.00 bits per heavy atom. The summed E-state index contributed by atoms with van der Waals surface area (Å²) in [7, 11) is 4.20. The summed E-state index contributed by atoms with van der Waals surface area (Å²) in [6.07, 6.45) is 0.333. The van der Waals surface area contributed by atoms with Crippen molar-refractivity contribution in [1.82, 2.24) is 9.80 Å². The quantitative estimate of drug-likeness (QED) is 0.808. The van der Waals surface area contributed by atoms with Crippen LogP contribution in [-0.2, 0) is 11.3 Å². The van der Waals surface area contributed by atoms with Gasteiger partial charge >= 0.3 is 0 Å². The van der Waals surface area contributed by atoms with Crippen molar-refractivity contribution in [3.8, 4) is 0 Å². The molecule has 1 fully saturated rings. The summed E-state index contributed by atoms with van der Waals surface area (Å²) in [6.45, 7) is 6.13. The Balaban J connectivity index is 1.93. The van der Waals surface area contributed by atoms with Crippen LogP contribution in [0.2, 0.25) is 0 Å². The topological polar surface area (TPSA) is 15.7 Å². The molecule has 0 spiro atoms. The first-order chi connectivity index (χ1) is 8.65. The normalized spacial score (nSPS) is 25.6. The highest BCUT2D eigenvalue weighted by atomic mass is 16.5. The predicted molar refractivity (Wildman–Crippen MR) is 74.6 cm³/mol. The Labute approximate surface area is 110 Å². The van der Waals surface area contributed by atoms with Crippen LogP contribution in [0, 0.1) is 0 Å². The van der Waals surface area contributed by atoms with E-state index in [1.165, 1.54) is 5.56 Å². The van der Waals surface area contributed by atoms with Crippen LogP contribution in [0.3, 0.4) is 0 Å². The lowest BCUT2D eigenvalue weighted by Crippen LogP contribution is -2.50. The van der Waals surface area contributed by atoms with E-state index in [0.29, 0.717) is 12.1 Å². The molecule has 0 saturated carbocycles. The van der Waals surface area contributed by atoms with E-state index in [4.69, 9.17) is 4.74 Å². The third-order valence-electron chi connectivity index (χ3n) is 3.43. The average Bonchev–Trinajstić information content (AvgIpc) is 2.34. The lowest BCUT2D eigenvalue weighted by Gasteiger charge is -2.38. The molecule has 18 heavy (non-hydrogen) atoms. The van der Waals surface area contributed by atoms with Crippen molar-refractivity contribution in [2.24, 2.45) is 0 Å². The largest absolute Gasteiger partial charge is 0.374 e. The van der Waals surface area contributed by atoms with E-state index in [1.54, 1.807) is 0 Å². The number of nitrogens with zero attached hydrogens (tertiary/aromatic N) is 2. The summed E-state index contributed by atoms with van der Waals surface area (Å²) in [5, 5.41) is 0. The molecule has 0 unspecified atom stereocenters. The fraction of sp³-hybridized carbons (Fsp3) is 0.600. The molecule has 1 aromatic rings. The van der Waals surface area contributed by atoms with Crippen molar-refractivity contribution in [3.05, 3.63) is 35.9 Å². The predicted octanol–water partition coefficient (Wildman–Crippen LogP) is 1.84. The molecule has 2 rings (SSSR count). The number of likely N-dealkylation sites (N-methyl/N-ethyl adjacent to an activating group) is 1. The van der Waals surface area contributed by atoms with Gasteiger partial charge in [-0.15, -0.1) is 0 Å².